The molecule has 0 fully saturated rings. The van der Waals surface area contributed by atoms with Crippen LogP contribution in [-0.2, 0) is 0 Å². The fraction of sp³-hybridized carbons (Fsp3) is 0. The first-order valence-electron chi connectivity index (χ1n) is 1.97. The van der Waals surface area contributed by atoms with Crippen LogP contribution in [0.4, 0.5) is 0 Å². The first-order chi connectivity index (χ1) is 3.39. The van der Waals surface area contributed by atoms with Gasteiger partial charge in [-0.25, -0.2) is 0 Å². The van der Waals surface area contributed by atoms with Crippen molar-refractivity contribution in [3.8, 4) is 0 Å². The highest BCUT2D eigenvalue weighted by molar-refractivity contribution is 7.84. The van der Waals surface area contributed by atoms with Crippen molar-refractivity contribution < 1.29 is 0 Å². The smallest absolute Gasteiger partial charge is 0.0839 e. The molecule has 2 nitrogen and oxygen atoms in total. The highest BCUT2D eigenvalue weighted by Crippen LogP contribution is 1.94. The van der Waals surface area contributed by atoms with Crippen molar-refractivity contribution in [3.05, 3.63) is 23.4 Å². The van der Waals surface area contributed by atoms with Crippen LogP contribution < -0.4 is 10.9 Å². The van der Waals surface area contributed by atoms with Crippen LogP contribution in [0.2, 0.25) is 0 Å². The maximum Gasteiger partial charge on any atom is 0.0839 e. The van der Waals surface area contributed by atoms with Crippen LogP contribution in [-0.4, -0.2) is 0 Å². The monoisotopic (exact) mass is 114 g/mol. The van der Waals surface area contributed by atoms with Crippen molar-refractivity contribution in [2.24, 2.45) is 0 Å². The Balaban J connectivity index is 2.57. The molecule has 1 aliphatic rings. The molecule has 0 spiro atoms. The summed E-state index contributed by atoms with van der Waals surface area (Å²) in [6.07, 6.45) is 5.53. The van der Waals surface area contributed by atoms with Crippen molar-refractivity contribution in [3.63, 3.8) is 0 Å². The molecule has 2 N–H and O–H groups in total. The zero-order valence-corrected chi connectivity index (χ0v) is 4.57. The highest BCUT2D eigenvalue weighted by Gasteiger charge is 1.84. The van der Waals surface area contributed by atoms with Gasteiger partial charge in [0.2, 0.25) is 0 Å². The summed E-state index contributed by atoms with van der Waals surface area (Å²) in [4.78, 5) is 0. The van der Waals surface area contributed by atoms with Gasteiger partial charge in [-0.05, 0) is 12.2 Å². The predicted molar refractivity (Wildman–Crippen MR) is 32.5 cm³/mol. The molecule has 0 aromatic carbocycles. The van der Waals surface area contributed by atoms with E-state index in [2.05, 4.69) is 23.5 Å². The Morgan fingerprint density at radius 3 is 2.71 bits per heavy atom. The molecule has 1 aliphatic heterocycles. The number of rotatable bonds is 0. The van der Waals surface area contributed by atoms with Gasteiger partial charge in [0.05, 0.1) is 5.03 Å². The molecular weight excluding hydrogens is 108 g/mol. The third-order valence-electron chi connectivity index (χ3n) is 0.634. The number of thiol groups is 1. The molecule has 1 heterocycles. The SMILES string of the molecule is SC1=CC=CNN1. The molecule has 0 unspecified atom stereocenters. The molecule has 38 valence electrons. The summed E-state index contributed by atoms with van der Waals surface area (Å²) in [6, 6.07) is 0. The van der Waals surface area contributed by atoms with Gasteiger partial charge in [-0.15, -0.1) is 12.6 Å². The van der Waals surface area contributed by atoms with Gasteiger partial charge in [0, 0.05) is 6.20 Å². The average Bonchev–Trinajstić information content (AvgIpc) is 1.69. The summed E-state index contributed by atoms with van der Waals surface area (Å²) in [5.74, 6) is 0. The van der Waals surface area contributed by atoms with Crippen LogP contribution in [0.15, 0.2) is 23.4 Å². The summed E-state index contributed by atoms with van der Waals surface area (Å²) in [5.41, 5.74) is 5.53. The minimum atomic E-state index is 0.836. The second-order valence-electron chi connectivity index (χ2n) is 1.18. The van der Waals surface area contributed by atoms with Gasteiger partial charge in [-0.1, -0.05) is 0 Å². The third-order valence-corrected chi connectivity index (χ3v) is 0.895. The summed E-state index contributed by atoms with van der Waals surface area (Å²) in [7, 11) is 0. The van der Waals surface area contributed by atoms with Gasteiger partial charge >= 0.3 is 0 Å². The Morgan fingerprint density at radius 2 is 2.43 bits per heavy atom. The maximum absolute atomic E-state index is 4.00. The number of hydrogen-bond donors (Lipinski definition) is 3. The Hall–Kier alpha value is -0.570. The van der Waals surface area contributed by atoms with E-state index in [-0.39, 0.29) is 0 Å². The minimum absolute atomic E-state index is 0.836. The van der Waals surface area contributed by atoms with Crippen LogP contribution in [0.5, 0.6) is 0 Å². The number of hydrazine groups is 1. The Kier molecular flexibility index (Phi) is 1.26. The molecule has 0 atom stereocenters. The molecular formula is C4H6N2S. The van der Waals surface area contributed by atoms with Gasteiger partial charge < -0.3 is 5.43 Å². The first-order valence-corrected chi connectivity index (χ1v) is 2.41. The summed E-state index contributed by atoms with van der Waals surface area (Å²) in [5, 5.41) is 0.836. The third kappa shape index (κ3) is 1.16. The van der Waals surface area contributed by atoms with E-state index in [4.69, 9.17) is 0 Å². The molecule has 0 radical (unpaired) electrons. The lowest BCUT2D eigenvalue weighted by molar-refractivity contribution is 0.756. The van der Waals surface area contributed by atoms with Crippen LogP contribution in [0, 0.1) is 0 Å². The molecule has 0 aliphatic carbocycles. The minimum Gasteiger partial charge on any atom is -0.308 e. The van der Waals surface area contributed by atoms with Crippen LogP contribution in [0.1, 0.15) is 0 Å². The van der Waals surface area contributed by atoms with Crippen molar-refractivity contribution in [2.45, 2.75) is 0 Å². The number of hydrogen-bond acceptors (Lipinski definition) is 3. The quantitative estimate of drug-likeness (QED) is 0.397. The molecule has 0 saturated heterocycles. The number of allylic oxidation sites excluding steroid dienone is 2. The molecule has 0 bridgehead atoms. The molecule has 0 aromatic rings. The summed E-state index contributed by atoms with van der Waals surface area (Å²) in [6.45, 7) is 0. The molecule has 0 aromatic heterocycles. The fourth-order valence-electron chi connectivity index (χ4n) is 0.345. The van der Waals surface area contributed by atoms with Crippen LogP contribution in [0.3, 0.4) is 0 Å². The van der Waals surface area contributed by atoms with Gasteiger partial charge in [0.1, 0.15) is 0 Å². The lowest BCUT2D eigenvalue weighted by Crippen LogP contribution is -2.25. The summed E-state index contributed by atoms with van der Waals surface area (Å²) < 4.78 is 0. The molecule has 1 rings (SSSR count). The first kappa shape index (κ1) is 4.59. The Labute approximate surface area is 47.7 Å². The van der Waals surface area contributed by atoms with E-state index < -0.39 is 0 Å². The van der Waals surface area contributed by atoms with E-state index in [9.17, 15) is 0 Å². The second-order valence-corrected chi connectivity index (χ2v) is 1.66. The van der Waals surface area contributed by atoms with E-state index in [0.717, 1.165) is 5.03 Å². The molecule has 3 heteroatoms. The molecule has 0 saturated carbocycles. The van der Waals surface area contributed by atoms with Crippen molar-refractivity contribution >= 4 is 12.6 Å². The van der Waals surface area contributed by atoms with Crippen molar-refractivity contribution in [2.75, 3.05) is 0 Å². The largest absolute Gasteiger partial charge is 0.308 e. The van der Waals surface area contributed by atoms with E-state index >= 15 is 0 Å². The second kappa shape index (κ2) is 1.93. The Bertz CT molecular complexity index is 117. The van der Waals surface area contributed by atoms with E-state index in [1.165, 1.54) is 0 Å². The zero-order valence-electron chi connectivity index (χ0n) is 3.68. The lowest BCUT2D eigenvalue weighted by atomic mass is 10.5. The molecule has 0 amide bonds. The van der Waals surface area contributed by atoms with Gasteiger partial charge in [-0.3, -0.25) is 5.43 Å². The number of nitrogens with one attached hydrogen (secondary N) is 2. The topological polar surface area (TPSA) is 24.1 Å². The van der Waals surface area contributed by atoms with Crippen molar-refractivity contribution in [1.29, 1.82) is 0 Å². The van der Waals surface area contributed by atoms with E-state index in [1.807, 2.05) is 12.2 Å². The van der Waals surface area contributed by atoms with E-state index in [0.29, 0.717) is 0 Å². The predicted octanol–water partition coefficient (Wildman–Crippen LogP) is 0.379. The lowest BCUT2D eigenvalue weighted by Gasteiger charge is -2.06. The molecule has 7 heavy (non-hydrogen) atoms. The Morgan fingerprint density at radius 1 is 1.57 bits per heavy atom. The van der Waals surface area contributed by atoms with Crippen LogP contribution >= 0.6 is 12.6 Å². The van der Waals surface area contributed by atoms with Gasteiger partial charge in [0.25, 0.3) is 0 Å². The zero-order chi connectivity index (χ0) is 5.11. The van der Waals surface area contributed by atoms with Gasteiger partial charge in [-0.2, -0.15) is 0 Å². The van der Waals surface area contributed by atoms with E-state index in [1.54, 1.807) is 6.20 Å². The fourth-order valence-corrected chi connectivity index (χ4v) is 0.495. The normalized spacial score (nSPS) is 17.0. The standard InChI is InChI=1S/C4H6N2S/c7-4-2-1-3-5-6-4/h1-3,5-7H. The average molecular weight is 114 g/mol. The maximum atomic E-state index is 4.00. The highest BCUT2D eigenvalue weighted by atomic mass is 32.1. The summed E-state index contributed by atoms with van der Waals surface area (Å²) >= 11 is 4.00. The van der Waals surface area contributed by atoms with Crippen molar-refractivity contribution in [1.82, 2.24) is 10.9 Å². The van der Waals surface area contributed by atoms with Gasteiger partial charge in [0.15, 0.2) is 0 Å². The van der Waals surface area contributed by atoms with Crippen LogP contribution in [0.25, 0.3) is 0 Å².